The van der Waals surface area contributed by atoms with Crippen LogP contribution in [0.1, 0.15) is 19.4 Å². The first-order valence-electron chi connectivity index (χ1n) is 4.89. The smallest absolute Gasteiger partial charge is 0.105 e. The Hall–Kier alpha value is -0.100. The topological polar surface area (TPSA) is 0 Å². The Morgan fingerprint density at radius 1 is 1.07 bits per heavy atom. The lowest BCUT2D eigenvalue weighted by Crippen LogP contribution is -3.00. The SMILES string of the molecule is CC[N+](P)(CC)Cc1ccccc1.[Cl-]. The number of benzene rings is 1. The zero-order valence-corrected chi connectivity index (χ0v) is 10.8. The van der Waals surface area contributed by atoms with Gasteiger partial charge in [0.15, 0.2) is 0 Å². The molecule has 0 bridgehead atoms. The molecule has 1 atom stereocenters. The highest BCUT2D eigenvalue weighted by atomic mass is 35.5. The second-order valence-corrected chi connectivity index (χ2v) is 4.59. The van der Waals surface area contributed by atoms with E-state index in [2.05, 4.69) is 53.6 Å². The van der Waals surface area contributed by atoms with Crippen LogP contribution in [0.2, 0.25) is 0 Å². The summed E-state index contributed by atoms with van der Waals surface area (Å²) < 4.78 is 1.05. The first kappa shape index (κ1) is 13.9. The molecule has 1 aromatic rings. The summed E-state index contributed by atoms with van der Waals surface area (Å²) in [5.74, 6) is 0. The highest BCUT2D eigenvalue weighted by molar-refractivity contribution is 7.08. The lowest BCUT2D eigenvalue weighted by molar-refractivity contribution is -0.810. The molecule has 0 fully saturated rings. The van der Waals surface area contributed by atoms with Crippen LogP contribution in [0.5, 0.6) is 0 Å². The number of rotatable bonds is 4. The van der Waals surface area contributed by atoms with Crippen LogP contribution >= 0.6 is 9.39 Å². The van der Waals surface area contributed by atoms with Gasteiger partial charge in [0.2, 0.25) is 0 Å². The Morgan fingerprint density at radius 3 is 2.00 bits per heavy atom. The summed E-state index contributed by atoms with van der Waals surface area (Å²) in [5.41, 5.74) is 1.42. The van der Waals surface area contributed by atoms with Crippen molar-refractivity contribution in [3.63, 3.8) is 0 Å². The Bertz CT molecular complexity index is 247. The summed E-state index contributed by atoms with van der Waals surface area (Å²) in [4.78, 5) is 0. The molecule has 0 saturated carbocycles. The van der Waals surface area contributed by atoms with Gasteiger partial charge in [-0.05, 0) is 13.8 Å². The van der Waals surface area contributed by atoms with E-state index in [1.807, 2.05) is 0 Å². The fraction of sp³-hybridized carbons (Fsp3) is 0.455. The molecule has 0 radical (unpaired) electrons. The van der Waals surface area contributed by atoms with Crippen LogP contribution in [0.3, 0.4) is 0 Å². The van der Waals surface area contributed by atoms with Gasteiger partial charge in [0, 0.05) is 5.56 Å². The van der Waals surface area contributed by atoms with E-state index in [-0.39, 0.29) is 12.4 Å². The van der Waals surface area contributed by atoms with E-state index in [0.717, 1.165) is 23.9 Å². The van der Waals surface area contributed by atoms with Gasteiger partial charge in [-0.15, -0.1) is 0 Å². The summed E-state index contributed by atoms with van der Waals surface area (Å²) in [6.45, 7) is 7.91. The molecule has 1 rings (SSSR count). The Kier molecular flexibility index (Phi) is 6.35. The lowest BCUT2D eigenvalue weighted by atomic mass is 10.2. The summed E-state index contributed by atoms with van der Waals surface area (Å²) in [6.07, 6.45) is 0. The summed E-state index contributed by atoms with van der Waals surface area (Å²) in [5, 5.41) is 0. The van der Waals surface area contributed by atoms with E-state index < -0.39 is 0 Å². The Balaban J connectivity index is 0.00000169. The number of hydrogen-bond acceptors (Lipinski definition) is 0. The van der Waals surface area contributed by atoms with Gasteiger partial charge in [0.25, 0.3) is 0 Å². The predicted molar refractivity (Wildman–Crippen MR) is 61.2 cm³/mol. The van der Waals surface area contributed by atoms with Gasteiger partial charge >= 0.3 is 0 Å². The molecule has 0 heterocycles. The van der Waals surface area contributed by atoms with Gasteiger partial charge in [-0.1, -0.05) is 30.3 Å². The van der Waals surface area contributed by atoms with E-state index in [0.29, 0.717) is 0 Å². The van der Waals surface area contributed by atoms with Gasteiger partial charge in [0.05, 0.1) is 22.5 Å². The molecule has 0 N–H and O–H groups in total. The van der Waals surface area contributed by atoms with Crippen molar-refractivity contribution >= 4 is 9.39 Å². The van der Waals surface area contributed by atoms with Crippen molar-refractivity contribution in [3.05, 3.63) is 35.9 Å². The standard InChI is InChI=1S/C11H19NP.ClH/c1-3-12(13,4-2)10-11-8-6-5-7-9-11;/h5-9H,3-4,10,13H2,1-2H3;1H/q+1;/p-1. The molecule has 0 aliphatic rings. The third-order valence-electron chi connectivity index (χ3n) is 2.60. The Morgan fingerprint density at radius 2 is 1.57 bits per heavy atom. The quantitative estimate of drug-likeness (QED) is 0.632. The van der Waals surface area contributed by atoms with E-state index in [9.17, 15) is 0 Å². The molecular weight excluding hydrogens is 213 g/mol. The van der Waals surface area contributed by atoms with Crippen LogP contribution in [-0.2, 0) is 6.54 Å². The molecule has 14 heavy (non-hydrogen) atoms. The van der Waals surface area contributed by atoms with Crippen molar-refractivity contribution in [2.45, 2.75) is 20.4 Å². The van der Waals surface area contributed by atoms with Crippen LogP contribution in [0, 0.1) is 0 Å². The number of halogens is 1. The van der Waals surface area contributed by atoms with E-state index in [1.165, 1.54) is 5.56 Å². The highest BCUT2D eigenvalue weighted by Gasteiger charge is 2.16. The summed E-state index contributed by atoms with van der Waals surface area (Å²) in [6, 6.07) is 10.7. The van der Waals surface area contributed by atoms with Gasteiger partial charge in [-0.3, -0.25) is 0 Å². The Labute approximate surface area is 95.8 Å². The van der Waals surface area contributed by atoms with Crippen molar-refractivity contribution in [2.75, 3.05) is 13.1 Å². The largest absolute Gasteiger partial charge is 1.00 e. The van der Waals surface area contributed by atoms with Crippen LogP contribution < -0.4 is 12.4 Å². The zero-order valence-electron chi connectivity index (χ0n) is 8.91. The average molecular weight is 232 g/mol. The lowest BCUT2D eigenvalue weighted by Gasteiger charge is -2.31. The monoisotopic (exact) mass is 231 g/mol. The van der Waals surface area contributed by atoms with Gasteiger partial charge < -0.3 is 16.7 Å². The maximum Gasteiger partial charge on any atom is 0.105 e. The van der Waals surface area contributed by atoms with Crippen LogP contribution in [0.15, 0.2) is 30.3 Å². The average Bonchev–Trinajstić information content (AvgIpc) is 2.19. The maximum absolute atomic E-state index is 2.95. The van der Waals surface area contributed by atoms with Gasteiger partial charge in [0.1, 0.15) is 6.54 Å². The molecule has 0 amide bonds. The van der Waals surface area contributed by atoms with Gasteiger partial charge in [-0.25, -0.2) is 0 Å². The van der Waals surface area contributed by atoms with Crippen molar-refractivity contribution in [3.8, 4) is 0 Å². The molecule has 1 nitrogen and oxygen atoms in total. The first-order chi connectivity index (χ1) is 6.20. The van der Waals surface area contributed by atoms with Crippen molar-refractivity contribution in [2.24, 2.45) is 0 Å². The van der Waals surface area contributed by atoms with Crippen molar-refractivity contribution < 1.29 is 16.7 Å². The maximum atomic E-state index is 2.95. The molecule has 0 aliphatic carbocycles. The van der Waals surface area contributed by atoms with Crippen molar-refractivity contribution in [1.82, 2.24) is 0 Å². The summed E-state index contributed by atoms with van der Waals surface area (Å²) in [7, 11) is 2.95. The minimum absolute atomic E-state index is 0. The van der Waals surface area contributed by atoms with E-state index >= 15 is 0 Å². The molecule has 0 spiro atoms. The van der Waals surface area contributed by atoms with E-state index in [1.54, 1.807) is 0 Å². The molecule has 0 saturated heterocycles. The minimum Gasteiger partial charge on any atom is -1.00 e. The number of hydrogen-bond donors (Lipinski definition) is 0. The van der Waals surface area contributed by atoms with E-state index in [4.69, 9.17) is 0 Å². The fourth-order valence-electron chi connectivity index (χ4n) is 1.39. The van der Waals surface area contributed by atoms with Crippen LogP contribution in [0.4, 0.5) is 0 Å². The second kappa shape index (κ2) is 6.40. The number of nitrogens with zero attached hydrogens (tertiary/aromatic N) is 1. The molecule has 0 aliphatic heterocycles. The van der Waals surface area contributed by atoms with Crippen LogP contribution in [-0.4, -0.2) is 17.3 Å². The van der Waals surface area contributed by atoms with Gasteiger partial charge in [-0.2, -0.15) is 0 Å². The zero-order chi connectivity index (χ0) is 9.73. The molecule has 1 aromatic carbocycles. The normalized spacial score (nSPS) is 10.8. The molecule has 0 aromatic heterocycles. The summed E-state index contributed by atoms with van der Waals surface area (Å²) >= 11 is 0. The highest BCUT2D eigenvalue weighted by Crippen LogP contribution is 2.19. The van der Waals surface area contributed by atoms with Crippen LogP contribution in [0.25, 0.3) is 0 Å². The second-order valence-electron chi connectivity index (χ2n) is 3.49. The minimum atomic E-state index is 0. The van der Waals surface area contributed by atoms with Crippen molar-refractivity contribution in [1.29, 1.82) is 0 Å². The molecule has 80 valence electrons. The fourth-order valence-corrected chi connectivity index (χ4v) is 1.61. The third-order valence-corrected chi connectivity index (χ3v) is 3.51. The number of quaternary nitrogens is 1. The third kappa shape index (κ3) is 3.96. The molecular formula is C11H19ClNP. The molecule has 1 unspecified atom stereocenters. The molecule has 3 heteroatoms. The first-order valence-corrected chi connectivity index (χ1v) is 5.40. The predicted octanol–water partition coefficient (Wildman–Crippen LogP) is -0.163.